The number of nitrogens with zero attached hydrogens (tertiary/aromatic N) is 4. The highest BCUT2D eigenvalue weighted by Gasteiger charge is 2.13. The molecule has 0 radical (unpaired) electrons. The van der Waals surface area contributed by atoms with E-state index in [1.165, 1.54) is 12.8 Å². The molecule has 0 unspecified atom stereocenters. The average molecular weight is 531 g/mol. The molecule has 0 bridgehead atoms. The smallest absolute Gasteiger partial charge is 0.387 e. The highest BCUT2D eigenvalue weighted by molar-refractivity contribution is 14.0. The number of guanidine groups is 1. The molecule has 2 aromatic rings. The van der Waals surface area contributed by atoms with Gasteiger partial charge in [-0.3, -0.25) is 4.99 Å². The van der Waals surface area contributed by atoms with Gasteiger partial charge in [-0.1, -0.05) is 18.2 Å². The van der Waals surface area contributed by atoms with E-state index >= 15 is 0 Å². The van der Waals surface area contributed by atoms with Gasteiger partial charge in [-0.25, -0.2) is 4.98 Å². The summed E-state index contributed by atoms with van der Waals surface area (Å²) in [4.78, 5) is 13.2. The Labute approximate surface area is 193 Å². The molecule has 1 N–H and O–H groups in total. The molecule has 0 atom stereocenters. The lowest BCUT2D eigenvalue weighted by molar-refractivity contribution is -0.0498. The van der Waals surface area contributed by atoms with Gasteiger partial charge in [-0.2, -0.15) is 8.78 Å². The number of rotatable bonds is 7. The van der Waals surface area contributed by atoms with Crippen molar-refractivity contribution in [3.8, 4) is 5.75 Å². The minimum atomic E-state index is -2.81. The summed E-state index contributed by atoms with van der Waals surface area (Å²) in [6, 6.07) is 10.8. The van der Waals surface area contributed by atoms with Gasteiger partial charge in [-0.15, -0.1) is 24.0 Å². The molecule has 1 aromatic heterocycles. The number of halogens is 3. The fraction of sp³-hybridized carbons (Fsp3) is 0.429. The third-order valence-corrected chi connectivity index (χ3v) is 4.83. The predicted octanol–water partition coefficient (Wildman–Crippen LogP) is 4.11. The van der Waals surface area contributed by atoms with E-state index in [2.05, 4.69) is 37.1 Å². The first kappa shape index (κ1) is 24.1. The van der Waals surface area contributed by atoms with E-state index in [9.17, 15) is 8.78 Å². The molecule has 1 aromatic carbocycles. The normalized spacial score (nSPS) is 13.9. The maximum absolute atomic E-state index is 12.2. The van der Waals surface area contributed by atoms with Crippen molar-refractivity contribution in [1.82, 2.24) is 15.2 Å². The lowest BCUT2D eigenvalue weighted by Gasteiger charge is -2.22. The first-order chi connectivity index (χ1) is 14.0. The molecule has 3 rings (SSSR count). The van der Waals surface area contributed by atoms with Crippen LogP contribution in [0.4, 0.5) is 14.6 Å². The van der Waals surface area contributed by atoms with Crippen molar-refractivity contribution < 1.29 is 13.5 Å². The minimum absolute atomic E-state index is 0. The van der Waals surface area contributed by atoms with Crippen LogP contribution in [0.25, 0.3) is 0 Å². The van der Waals surface area contributed by atoms with E-state index in [-0.39, 0.29) is 29.7 Å². The summed E-state index contributed by atoms with van der Waals surface area (Å²) in [6.45, 7) is 0.547. The zero-order valence-corrected chi connectivity index (χ0v) is 19.6. The minimum Gasteiger partial charge on any atom is -0.435 e. The number of hydrogen-bond donors (Lipinski definition) is 1. The van der Waals surface area contributed by atoms with Crippen molar-refractivity contribution in [3.05, 3.63) is 53.7 Å². The molecule has 1 fully saturated rings. The number of alkyl halides is 2. The number of benzene rings is 1. The lowest BCUT2D eigenvalue weighted by atomic mass is 10.2. The van der Waals surface area contributed by atoms with Crippen LogP contribution in [0.5, 0.6) is 5.75 Å². The van der Waals surface area contributed by atoms with Crippen molar-refractivity contribution >= 4 is 35.8 Å². The van der Waals surface area contributed by atoms with E-state index in [0.29, 0.717) is 13.1 Å². The highest BCUT2D eigenvalue weighted by atomic mass is 127. The second-order valence-corrected chi connectivity index (χ2v) is 7.00. The van der Waals surface area contributed by atoms with Gasteiger partial charge in [0.05, 0.1) is 0 Å². The topological polar surface area (TPSA) is 53.0 Å². The number of aromatic nitrogens is 1. The van der Waals surface area contributed by atoms with Crippen molar-refractivity contribution in [2.75, 3.05) is 32.1 Å². The monoisotopic (exact) mass is 531 g/mol. The Morgan fingerprint density at radius 3 is 2.40 bits per heavy atom. The number of hydrogen-bond acceptors (Lipinski definition) is 4. The Bertz CT molecular complexity index is 796. The molecular formula is C21H28F2IN5O. The van der Waals surface area contributed by atoms with Crippen LogP contribution in [0, 0.1) is 0 Å². The van der Waals surface area contributed by atoms with Gasteiger partial charge in [0, 0.05) is 46.5 Å². The molecule has 30 heavy (non-hydrogen) atoms. The standard InChI is InChI=1S/C21H27F2N5O.HI/c1-24-21(27(2)15-16-5-8-18(9-6-16)29-20(22)23)26-14-17-7-10-19(25-13-17)28-11-3-4-12-28;/h5-10,13,20H,3-4,11-12,14-15H2,1-2H3,(H,24,26);1H. The van der Waals surface area contributed by atoms with Gasteiger partial charge in [0.25, 0.3) is 0 Å². The largest absolute Gasteiger partial charge is 0.435 e. The molecular weight excluding hydrogens is 503 g/mol. The molecule has 9 heteroatoms. The van der Waals surface area contributed by atoms with Crippen LogP contribution in [0.2, 0.25) is 0 Å². The molecule has 0 spiro atoms. The summed E-state index contributed by atoms with van der Waals surface area (Å²) in [5.41, 5.74) is 2.05. The van der Waals surface area contributed by atoms with Gasteiger partial charge in [0.15, 0.2) is 5.96 Å². The summed E-state index contributed by atoms with van der Waals surface area (Å²) >= 11 is 0. The van der Waals surface area contributed by atoms with Gasteiger partial charge >= 0.3 is 6.61 Å². The van der Waals surface area contributed by atoms with Gasteiger partial charge in [0.1, 0.15) is 11.6 Å². The molecule has 6 nitrogen and oxygen atoms in total. The van der Waals surface area contributed by atoms with Gasteiger partial charge in [-0.05, 0) is 42.2 Å². The summed E-state index contributed by atoms with van der Waals surface area (Å²) in [5, 5.41) is 3.33. The number of nitrogens with one attached hydrogen (secondary N) is 1. The fourth-order valence-corrected chi connectivity index (χ4v) is 3.35. The first-order valence-electron chi connectivity index (χ1n) is 9.70. The number of pyridine rings is 1. The Morgan fingerprint density at radius 1 is 1.17 bits per heavy atom. The molecule has 0 amide bonds. The quantitative estimate of drug-likeness (QED) is 0.331. The van der Waals surface area contributed by atoms with Crippen LogP contribution in [-0.2, 0) is 13.1 Å². The molecule has 1 aliphatic heterocycles. The van der Waals surface area contributed by atoms with Crippen LogP contribution in [-0.4, -0.2) is 49.6 Å². The van der Waals surface area contributed by atoms with Crippen molar-refractivity contribution in [2.24, 2.45) is 4.99 Å². The Kier molecular flexibility index (Phi) is 9.54. The zero-order chi connectivity index (χ0) is 20.6. The van der Waals surface area contributed by atoms with Gasteiger partial charge in [0.2, 0.25) is 0 Å². The van der Waals surface area contributed by atoms with Crippen LogP contribution in [0.15, 0.2) is 47.6 Å². The number of aliphatic imine (C=N–C) groups is 1. The summed E-state index contributed by atoms with van der Waals surface area (Å²) in [5.74, 6) is 1.92. The first-order valence-corrected chi connectivity index (χ1v) is 9.70. The Morgan fingerprint density at radius 2 is 1.83 bits per heavy atom. The van der Waals surface area contributed by atoms with Crippen LogP contribution in [0.1, 0.15) is 24.0 Å². The van der Waals surface area contributed by atoms with Crippen LogP contribution in [0.3, 0.4) is 0 Å². The number of anilines is 1. The molecule has 2 heterocycles. The summed E-state index contributed by atoms with van der Waals surface area (Å²) in [6.07, 6.45) is 4.36. The zero-order valence-electron chi connectivity index (χ0n) is 17.2. The third kappa shape index (κ3) is 6.96. The van der Waals surface area contributed by atoms with Gasteiger partial charge < -0.3 is 19.9 Å². The van der Waals surface area contributed by atoms with E-state index in [1.54, 1.807) is 31.3 Å². The molecule has 0 aliphatic carbocycles. The molecule has 1 aliphatic rings. The van der Waals surface area contributed by atoms with Crippen molar-refractivity contribution in [3.63, 3.8) is 0 Å². The average Bonchev–Trinajstić information content (AvgIpc) is 3.25. The van der Waals surface area contributed by atoms with E-state index in [1.807, 2.05) is 18.1 Å². The fourth-order valence-electron chi connectivity index (χ4n) is 3.35. The third-order valence-electron chi connectivity index (χ3n) is 4.83. The second kappa shape index (κ2) is 11.9. The second-order valence-electron chi connectivity index (χ2n) is 7.00. The summed E-state index contributed by atoms with van der Waals surface area (Å²) < 4.78 is 28.9. The van der Waals surface area contributed by atoms with E-state index in [4.69, 9.17) is 0 Å². The maximum atomic E-state index is 12.2. The highest BCUT2D eigenvalue weighted by Crippen LogP contribution is 2.18. The van der Waals surface area contributed by atoms with E-state index in [0.717, 1.165) is 36.0 Å². The predicted molar refractivity (Wildman–Crippen MR) is 126 cm³/mol. The molecule has 164 valence electrons. The maximum Gasteiger partial charge on any atom is 0.387 e. The van der Waals surface area contributed by atoms with Crippen molar-refractivity contribution in [1.29, 1.82) is 0 Å². The van der Waals surface area contributed by atoms with Crippen LogP contribution >= 0.6 is 24.0 Å². The van der Waals surface area contributed by atoms with Crippen LogP contribution < -0.4 is 15.0 Å². The Balaban J connectivity index is 0.00000320. The lowest BCUT2D eigenvalue weighted by Crippen LogP contribution is -2.38. The SMILES string of the molecule is CN=C(NCc1ccc(N2CCCC2)nc1)N(C)Cc1ccc(OC(F)F)cc1.I. The molecule has 1 saturated heterocycles. The summed E-state index contributed by atoms with van der Waals surface area (Å²) in [7, 11) is 3.65. The van der Waals surface area contributed by atoms with Crippen molar-refractivity contribution in [2.45, 2.75) is 32.5 Å². The molecule has 0 saturated carbocycles. The Hall–Kier alpha value is -2.17. The van der Waals surface area contributed by atoms with E-state index < -0.39 is 6.61 Å². The number of ether oxygens (including phenoxy) is 1.